The summed E-state index contributed by atoms with van der Waals surface area (Å²) >= 11 is 0. The summed E-state index contributed by atoms with van der Waals surface area (Å²) < 4.78 is 18.9. The first kappa shape index (κ1) is 14.4. The Kier molecular flexibility index (Phi) is 5.04. The number of nitrogens with one attached hydrogen (secondary N) is 2. The molecule has 5 nitrogen and oxygen atoms in total. The van der Waals surface area contributed by atoms with Crippen LogP contribution in [0.15, 0.2) is 18.2 Å². The zero-order valence-electron chi connectivity index (χ0n) is 11.0. The number of carbonyl (C=O) groups excluding carboxylic acids is 1. The summed E-state index contributed by atoms with van der Waals surface area (Å²) in [5.41, 5.74) is 0.00845. The first-order valence-corrected chi connectivity index (χ1v) is 6.51. The van der Waals surface area contributed by atoms with Gasteiger partial charge in [-0.3, -0.25) is 4.79 Å². The maximum absolute atomic E-state index is 13.4. The molecular weight excluding hydrogens is 261 g/mol. The van der Waals surface area contributed by atoms with Crippen LogP contribution < -0.4 is 10.6 Å². The molecule has 1 saturated heterocycles. The predicted octanol–water partition coefficient (Wildman–Crippen LogP) is 1.40. The third-order valence-corrected chi connectivity index (χ3v) is 3.14. The van der Waals surface area contributed by atoms with Crippen molar-refractivity contribution in [3.05, 3.63) is 29.6 Å². The molecule has 1 aromatic rings. The highest BCUT2D eigenvalue weighted by molar-refractivity contribution is 5.93. The maximum Gasteiger partial charge on any atom is 0.250 e. The SMILES string of the molecule is N#Cc1c(F)cccc1NC(=O)COC1CCNCC1. The first-order valence-electron chi connectivity index (χ1n) is 6.51. The summed E-state index contributed by atoms with van der Waals surface area (Å²) in [5.74, 6) is -1.03. The molecule has 1 fully saturated rings. The number of hydrogen-bond acceptors (Lipinski definition) is 4. The number of carbonyl (C=O) groups is 1. The Morgan fingerprint density at radius 1 is 1.50 bits per heavy atom. The van der Waals surface area contributed by atoms with Crippen LogP contribution in [0.25, 0.3) is 0 Å². The van der Waals surface area contributed by atoms with Crippen LogP contribution in [0.3, 0.4) is 0 Å². The smallest absolute Gasteiger partial charge is 0.250 e. The lowest BCUT2D eigenvalue weighted by Gasteiger charge is -2.22. The molecule has 20 heavy (non-hydrogen) atoms. The molecule has 0 unspecified atom stereocenters. The second kappa shape index (κ2) is 6.98. The lowest BCUT2D eigenvalue weighted by Crippen LogP contribution is -2.34. The number of hydrogen-bond donors (Lipinski definition) is 2. The van der Waals surface area contributed by atoms with E-state index >= 15 is 0 Å². The highest BCUT2D eigenvalue weighted by Crippen LogP contribution is 2.17. The maximum atomic E-state index is 13.4. The van der Waals surface area contributed by atoms with Crippen LogP contribution in [0, 0.1) is 17.1 Å². The van der Waals surface area contributed by atoms with Crippen LogP contribution in [-0.4, -0.2) is 31.7 Å². The van der Waals surface area contributed by atoms with Crippen LogP contribution in [0.1, 0.15) is 18.4 Å². The number of nitrogens with zero attached hydrogens (tertiary/aromatic N) is 1. The van der Waals surface area contributed by atoms with Gasteiger partial charge in [-0.1, -0.05) is 6.07 Å². The average molecular weight is 277 g/mol. The number of benzene rings is 1. The predicted molar refractivity (Wildman–Crippen MR) is 71.6 cm³/mol. The van der Waals surface area contributed by atoms with Gasteiger partial charge in [-0.25, -0.2) is 4.39 Å². The number of nitriles is 1. The van der Waals surface area contributed by atoms with Crippen molar-refractivity contribution in [3.8, 4) is 6.07 Å². The quantitative estimate of drug-likeness (QED) is 0.872. The molecular formula is C14H16FN3O2. The third kappa shape index (κ3) is 3.76. The van der Waals surface area contributed by atoms with Crippen molar-refractivity contribution in [2.75, 3.05) is 25.0 Å². The molecule has 1 aliphatic rings. The Balaban J connectivity index is 1.88. The fraction of sp³-hybridized carbons (Fsp3) is 0.429. The molecule has 0 radical (unpaired) electrons. The molecule has 0 spiro atoms. The van der Waals surface area contributed by atoms with E-state index in [0.29, 0.717) is 0 Å². The molecule has 0 aromatic heterocycles. The lowest BCUT2D eigenvalue weighted by atomic mass is 10.1. The van der Waals surface area contributed by atoms with Gasteiger partial charge in [-0.05, 0) is 38.1 Å². The van der Waals surface area contributed by atoms with Gasteiger partial charge in [-0.2, -0.15) is 5.26 Å². The molecule has 1 aliphatic heterocycles. The summed E-state index contributed by atoms with van der Waals surface area (Å²) in [4.78, 5) is 11.8. The van der Waals surface area contributed by atoms with E-state index in [1.165, 1.54) is 18.2 Å². The number of halogens is 1. The largest absolute Gasteiger partial charge is 0.368 e. The standard InChI is InChI=1S/C14H16FN3O2/c15-12-2-1-3-13(11(12)8-16)18-14(19)9-20-10-4-6-17-7-5-10/h1-3,10,17H,4-7,9H2,(H,18,19). The Morgan fingerprint density at radius 2 is 2.25 bits per heavy atom. The minimum Gasteiger partial charge on any atom is -0.368 e. The van der Waals surface area contributed by atoms with Gasteiger partial charge >= 0.3 is 0 Å². The van der Waals surface area contributed by atoms with Gasteiger partial charge in [0, 0.05) is 0 Å². The topological polar surface area (TPSA) is 74.2 Å². The van der Waals surface area contributed by atoms with E-state index in [9.17, 15) is 9.18 Å². The summed E-state index contributed by atoms with van der Waals surface area (Å²) in [6.45, 7) is 1.68. The summed E-state index contributed by atoms with van der Waals surface area (Å²) in [6.07, 6.45) is 1.82. The van der Waals surface area contributed by atoms with Gasteiger partial charge in [-0.15, -0.1) is 0 Å². The van der Waals surface area contributed by atoms with E-state index < -0.39 is 5.82 Å². The van der Waals surface area contributed by atoms with Crippen LogP contribution in [0.5, 0.6) is 0 Å². The Labute approximate surface area is 116 Å². The fourth-order valence-corrected chi connectivity index (χ4v) is 2.08. The molecule has 6 heteroatoms. The molecule has 1 aromatic carbocycles. The summed E-state index contributed by atoms with van der Waals surface area (Å²) in [6, 6.07) is 5.85. The Hall–Kier alpha value is -1.97. The number of amides is 1. The van der Waals surface area contributed by atoms with Crippen LogP contribution in [0.4, 0.5) is 10.1 Å². The van der Waals surface area contributed by atoms with E-state index in [1.807, 2.05) is 0 Å². The van der Waals surface area contributed by atoms with E-state index in [1.54, 1.807) is 6.07 Å². The molecule has 0 bridgehead atoms. The van der Waals surface area contributed by atoms with Crippen LogP contribution in [0.2, 0.25) is 0 Å². The Morgan fingerprint density at radius 3 is 2.95 bits per heavy atom. The van der Waals surface area contributed by atoms with Crippen molar-refractivity contribution in [2.45, 2.75) is 18.9 Å². The Bertz CT molecular complexity index is 522. The molecule has 2 N–H and O–H groups in total. The van der Waals surface area contributed by atoms with Gasteiger partial charge in [0.2, 0.25) is 5.91 Å². The van der Waals surface area contributed by atoms with Crippen molar-refractivity contribution >= 4 is 11.6 Å². The van der Waals surface area contributed by atoms with E-state index in [0.717, 1.165) is 25.9 Å². The van der Waals surface area contributed by atoms with E-state index in [-0.39, 0.29) is 29.9 Å². The van der Waals surface area contributed by atoms with Gasteiger partial charge in [0.25, 0.3) is 0 Å². The van der Waals surface area contributed by atoms with Crippen molar-refractivity contribution in [2.24, 2.45) is 0 Å². The molecule has 106 valence electrons. The number of ether oxygens (including phenoxy) is 1. The molecule has 0 saturated carbocycles. The highest BCUT2D eigenvalue weighted by atomic mass is 19.1. The molecule has 2 rings (SSSR count). The summed E-state index contributed by atoms with van der Waals surface area (Å²) in [5, 5.41) is 14.6. The average Bonchev–Trinajstić information content (AvgIpc) is 2.46. The number of anilines is 1. The molecule has 1 heterocycles. The van der Waals surface area contributed by atoms with Crippen molar-refractivity contribution in [1.29, 1.82) is 5.26 Å². The van der Waals surface area contributed by atoms with Crippen molar-refractivity contribution in [3.63, 3.8) is 0 Å². The van der Waals surface area contributed by atoms with Gasteiger partial charge in [0.05, 0.1) is 11.8 Å². The zero-order valence-corrected chi connectivity index (χ0v) is 11.0. The van der Waals surface area contributed by atoms with Crippen molar-refractivity contribution < 1.29 is 13.9 Å². The minimum absolute atomic E-state index is 0.0740. The van der Waals surface area contributed by atoms with Crippen LogP contribution in [-0.2, 0) is 9.53 Å². The minimum atomic E-state index is -0.649. The lowest BCUT2D eigenvalue weighted by molar-refractivity contribution is -0.123. The number of rotatable bonds is 4. The van der Waals surface area contributed by atoms with Gasteiger partial charge in [0.1, 0.15) is 24.1 Å². The second-order valence-corrected chi connectivity index (χ2v) is 4.58. The third-order valence-electron chi connectivity index (χ3n) is 3.14. The normalized spacial score (nSPS) is 15.6. The van der Waals surface area contributed by atoms with Crippen LogP contribution >= 0.6 is 0 Å². The molecule has 0 atom stereocenters. The van der Waals surface area contributed by atoms with E-state index in [2.05, 4.69) is 10.6 Å². The first-order chi connectivity index (χ1) is 9.70. The van der Waals surface area contributed by atoms with Crippen molar-refractivity contribution in [1.82, 2.24) is 5.32 Å². The van der Waals surface area contributed by atoms with E-state index in [4.69, 9.17) is 10.00 Å². The van der Waals surface area contributed by atoms with Gasteiger partial charge in [0.15, 0.2) is 0 Å². The summed E-state index contributed by atoms with van der Waals surface area (Å²) in [7, 11) is 0. The highest BCUT2D eigenvalue weighted by Gasteiger charge is 2.16. The van der Waals surface area contributed by atoms with Gasteiger partial charge < -0.3 is 15.4 Å². The fourth-order valence-electron chi connectivity index (χ4n) is 2.08. The zero-order chi connectivity index (χ0) is 14.4. The number of piperidine rings is 1. The second-order valence-electron chi connectivity index (χ2n) is 4.58. The molecule has 0 aliphatic carbocycles. The monoisotopic (exact) mass is 277 g/mol. The molecule has 1 amide bonds.